The van der Waals surface area contributed by atoms with E-state index >= 15 is 0 Å². The van der Waals surface area contributed by atoms with Gasteiger partial charge in [-0.15, -0.1) is 0 Å². The van der Waals surface area contributed by atoms with Crippen molar-refractivity contribution in [2.24, 2.45) is 0 Å². The summed E-state index contributed by atoms with van der Waals surface area (Å²) >= 11 is 1.31. The zero-order chi connectivity index (χ0) is 15.0. The van der Waals surface area contributed by atoms with Gasteiger partial charge in [0.15, 0.2) is 15.4 Å². The summed E-state index contributed by atoms with van der Waals surface area (Å²) < 4.78 is 28.4. The summed E-state index contributed by atoms with van der Waals surface area (Å²) in [5.74, 6) is 0. The molecule has 0 aliphatic carbocycles. The van der Waals surface area contributed by atoms with E-state index in [1.165, 1.54) is 18.0 Å². The van der Waals surface area contributed by atoms with Gasteiger partial charge in [0, 0.05) is 11.2 Å². The number of aromatic nitrogens is 1. The Hall–Kier alpha value is -1.99. The Morgan fingerprint density at radius 1 is 1.14 bits per heavy atom. The predicted molar refractivity (Wildman–Crippen MR) is 82.1 cm³/mol. The average Bonchev–Trinajstić information content (AvgIpc) is 2.82. The van der Waals surface area contributed by atoms with Crippen LogP contribution in [-0.4, -0.2) is 19.7 Å². The highest BCUT2D eigenvalue weighted by atomic mass is 32.2. The average molecular weight is 320 g/mol. The second-order valence-electron chi connectivity index (χ2n) is 4.52. The normalized spacial score (nSPS) is 11.9. The molecule has 108 valence electrons. The van der Waals surface area contributed by atoms with Gasteiger partial charge in [0.1, 0.15) is 5.52 Å². The van der Waals surface area contributed by atoms with Gasteiger partial charge in [-0.25, -0.2) is 13.4 Å². The molecule has 7 heteroatoms. The number of nitrogen functional groups attached to an aromatic ring is 1. The molecular weight excluding hydrogens is 308 g/mol. The quantitative estimate of drug-likeness (QED) is 0.747. The lowest BCUT2D eigenvalue weighted by Gasteiger charge is -2.00. The van der Waals surface area contributed by atoms with E-state index in [4.69, 9.17) is 10.2 Å². The van der Waals surface area contributed by atoms with Gasteiger partial charge in [-0.3, -0.25) is 0 Å². The third kappa shape index (κ3) is 2.88. The molecule has 1 heterocycles. The molecule has 0 unspecified atom stereocenters. The highest BCUT2D eigenvalue weighted by molar-refractivity contribution is 7.99. The highest BCUT2D eigenvalue weighted by Crippen LogP contribution is 2.31. The summed E-state index contributed by atoms with van der Waals surface area (Å²) in [4.78, 5) is 5.46. The van der Waals surface area contributed by atoms with Gasteiger partial charge in [0.25, 0.3) is 5.22 Å². The fraction of sp³-hybridized carbons (Fsp3) is 0.0714. The van der Waals surface area contributed by atoms with E-state index in [2.05, 4.69) is 4.98 Å². The van der Waals surface area contributed by atoms with E-state index in [9.17, 15) is 8.42 Å². The Kier molecular flexibility index (Phi) is 3.38. The summed E-state index contributed by atoms with van der Waals surface area (Å²) in [5, 5.41) is 0.468. The fourth-order valence-electron chi connectivity index (χ4n) is 1.85. The molecule has 0 aliphatic rings. The van der Waals surface area contributed by atoms with Crippen LogP contribution in [0.2, 0.25) is 0 Å². The molecule has 3 rings (SSSR count). The maximum absolute atomic E-state index is 11.4. The number of fused-ring (bicyclic) bond motifs is 1. The van der Waals surface area contributed by atoms with Gasteiger partial charge >= 0.3 is 0 Å². The van der Waals surface area contributed by atoms with Crippen LogP contribution in [0, 0.1) is 0 Å². The van der Waals surface area contributed by atoms with Crippen molar-refractivity contribution in [3.8, 4) is 0 Å². The number of nitrogens with two attached hydrogens (primary N) is 1. The van der Waals surface area contributed by atoms with E-state index < -0.39 is 9.84 Å². The molecule has 0 saturated carbocycles. The Bertz CT molecular complexity index is 900. The monoisotopic (exact) mass is 320 g/mol. The number of benzene rings is 2. The first kappa shape index (κ1) is 14.0. The summed E-state index contributed by atoms with van der Waals surface area (Å²) in [5.41, 5.74) is 7.66. The van der Waals surface area contributed by atoms with Crippen molar-refractivity contribution < 1.29 is 12.8 Å². The molecule has 5 nitrogen and oxygen atoms in total. The van der Waals surface area contributed by atoms with E-state index in [1.807, 2.05) is 0 Å². The first-order valence-electron chi connectivity index (χ1n) is 6.06. The van der Waals surface area contributed by atoms with Crippen LogP contribution in [0.4, 0.5) is 5.69 Å². The summed E-state index contributed by atoms with van der Waals surface area (Å²) in [7, 11) is -3.18. The third-order valence-electron chi connectivity index (χ3n) is 2.89. The lowest BCUT2D eigenvalue weighted by molar-refractivity contribution is 0.489. The Morgan fingerprint density at radius 2 is 1.86 bits per heavy atom. The number of nitrogens with zero attached hydrogens (tertiary/aromatic N) is 1. The molecule has 1 aromatic heterocycles. The number of oxazole rings is 1. The molecule has 0 atom stereocenters. The second kappa shape index (κ2) is 5.09. The zero-order valence-corrected chi connectivity index (χ0v) is 12.7. The van der Waals surface area contributed by atoms with Crippen molar-refractivity contribution >= 4 is 38.4 Å². The summed E-state index contributed by atoms with van der Waals surface area (Å²) in [6.45, 7) is 0. The van der Waals surface area contributed by atoms with Crippen LogP contribution in [0.15, 0.2) is 61.9 Å². The molecule has 21 heavy (non-hydrogen) atoms. The number of para-hydroxylation sites is 1. The maximum Gasteiger partial charge on any atom is 0.261 e. The Labute approximate surface area is 126 Å². The smallest absolute Gasteiger partial charge is 0.261 e. The molecule has 0 bridgehead atoms. The number of hydrogen-bond donors (Lipinski definition) is 1. The predicted octanol–water partition coefficient (Wildman–Crippen LogP) is 2.96. The van der Waals surface area contributed by atoms with Crippen molar-refractivity contribution in [2.75, 3.05) is 12.0 Å². The van der Waals surface area contributed by atoms with Gasteiger partial charge < -0.3 is 10.2 Å². The lowest BCUT2D eigenvalue weighted by Crippen LogP contribution is -1.95. The number of anilines is 1. The van der Waals surface area contributed by atoms with Gasteiger partial charge in [0.2, 0.25) is 0 Å². The van der Waals surface area contributed by atoms with E-state index in [-0.39, 0.29) is 4.90 Å². The summed E-state index contributed by atoms with van der Waals surface area (Å²) in [6.07, 6.45) is 1.18. The first-order valence-corrected chi connectivity index (χ1v) is 8.77. The highest BCUT2D eigenvalue weighted by Gasteiger charge is 2.11. The van der Waals surface area contributed by atoms with Crippen molar-refractivity contribution in [1.82, 2.24) is 4.98 Å². The topological polar surface area (TPSA) is 86.2 Å². The third-order valence-corrected chi connectivity index (χ3v) is 4.87. The molecular formula is C14H12N2O3S2. The first-order chi connectivity index (χ1) is 9.93. The van der Waals surface area contributed by atoms with E-state index in [0.29, 0.717) is 22.0 Å². The zero-order valence-electron chi connectivity index (χ0n) is 11.1. The number of hydrogen-bond acceptors (Lipinski definition) is 6. The van der Waals surface area contributed by atoms with Gasteiger partial charge in [-0.2, -0.15) is 0 Å². The minimum Gasteiger partial charge on any atom is -0.431 e. The van der Waals surface area contributed by atoms with E-state index in [1.54, 1.807) is 42.5 Å². The largest absolute Gasteiger partial charge is 0.431 e. The van der Waals surface area contributed by atoms with Gasteiger partial charge in [-0.1, -0.05) is 6.07 Å². The van der Waals surface area contributed by atoms with Crippen LogP contribution >= 0.6 is 11.8 Å². The molecule has 0 spiro atoms. The minimum absolute atomic E-state index is 0.286. The number of rotatable bonds is 3. The Morgan fingerprint density at radius 3 is 2.48 bits per heavy atom. The fourth-order valence-corrected chi connectivity index (χ4v) is 3.22. The van der Waals surface area contributed by atoms with Crippen molar-refractivity contribution in [3.05, 3.63) is 42.5 Å². The number of sulfone groups is 1. The van der Waals surface area contributed by atoms with E-state index in [0.717, 1.165) is 4.90 Å². The van der Waals surface area contributed by atoms with Crippen molar-refractivity contribution in [1.29, 1.82) is 0 Å². The molecule has 0 radical (unpaired) electrons. The van der Waals surface area contributed by atoms with Crippen molar-refractivity contribution in [3.63, 3.8) is 0 Å². The van der Waals surface area contributed by atoms with Crippen LogP contribution < -0.4 is 5.73 Å². The molecule has 0 saturated heterocycles. The molecule has 2 N–H and O–H groups in total. The second-order valence-corrected chi connectivity index (χ2v) is 7.56. The van der Waals surface area contributed by atoms with Crippen LogP contribution in [0.5, 0.6) is 0 Å². The summed E-state index contributed by atoms with van der Waals surface area (Å²) in [6, 6.07) is 11.9. The molecule has 0 fully saturated rings. The molecule has 3 aromatic rings. The molecule has 0 aliphatic heterocycles. The van der Waals surface area contributed by atoms with Crippen LogP contribution in [-0.2, 0) is 9.84 Å². The SMILES string of the molecule is CS(=O)(=O)c1ccc(Sc2nc3c(N)cccc3o2)cc1. The van der Waals surface area contributed by atoms with Crippen LogP contribution in [0.3, 0.4) is 0 Å². The minimum atomic E-state index is -3.18. The van der Waals surface area contributed by atoms with Crippen molar-refractivity contribution in [2.45, 2.75) is 15.0 Å². The molecule has 2 aromatic carbocycles. The van der Waals surface area contributed by atoms with Gasteiger partial charge in [-0.05, 0) is 48.2 Å². The standard InChI is InChI=1S/C14H12N2O3S2/c1-21(17,18)10-7-5-9(6-8-10)20-14-16-13-11(15)3-2-4-12(13)19-14/h2-8H,15H2,1H3. The Balaban J connectivity index is 1.90. The lowest BCUT2D eigenvalue weighted by atomic mass is 10.3. The van der Waals surface area contributed by atoms with Crippen LogP contribution in [0.25, 0.3) is 11.1 Å². The van der Waals surface area contributed by atoms with Crippen LogP contribution in [0.1, 0.15) is 0 Å². The van der Waals surface area contributed by atoms with Gasteiger partial charge in [0.05, 0.1) is 10.6 Å². The maximum atomic E-state index is 11.4. The molecule has 0 amide bonds.